The Bertz CT molecular complexity index is 1590. The predicted octanol–water partition coefficient (Wildman–Crippen LogP) is 6.44. The minimum Gasteiger partial charge on any atom is -0.497 e. The first kappa shape index (κ1) is 26.1. The molecule has 42 heavy (non-hydrogen) atoms. The summed E-state index contributed by atoms with van der Waals surface area (Å²) in [5.41, 5.74) is 0.953. The van der Waals surface area contributed by atoms with E-state index >= 15 is 0 Å². The normalized spacial score (nSPS) is 23.8. The van der Waals surface area contributed by atoms with Crippen LogP contribution in [0.15, 0.2) is 121 Å². The summed E-state index contributed by atoms with van der Waals surface area (Å²) in [6.07, 6.45) is -1.49. The van der Waals surface area contributed by atoms with Gasteiger partial charge in [0, 0.05) is 17.2 Å². The minimum absolute atomic E-state index is 0.492. The Hall–Kier alpha value is -4.78. The lowest BCUT2D eigenvalue weighted by Gasteiger charge is -2.32. The standard InChI is InChI=1S/C36H30O6/c1-39-27-17-13-23(14-18-27)33-35(37,25-9-5-3-6-10-25)29-21-30-32(22-31(29)41-33)42-34(24-15-19-28(40-2)20-16-24)36(30,38)26-11-7-4-8-12-26/h3-22,33-34,37-38H,1-2H3. The van der Waals surface area contributed by atoms with Crippen LogP contribution < -0.4 is 18.9 Å². The summed E-state index contributed by atoms with van der Waals surface area (Å²) in [5.74, 6) is 2.41. The van der Waals surface area contributed by atoms with Gasteiger partial charge in [0.1, 0.15) is 23.0 Å². The highest BCUT2D eigenvalue weighted by Gasteiger charge is 2.55. The molecule has 210 valence electrons. The van der Waals surface area contributed by atoms with E-state index in [-0.39, 0.29) is 0 Å². The quantitative estimate of drug-likeness (QED) is 0.250. The van der Waals surface area contributed by atoms with Crippen LogP contribution in [0, 0.1) is 0 Å². The third kappa shape index (κ3) is 3.87. The molecule has 5 aromatic rings. The zero-order valence-corrected chi connectivity index (χ0v) is 23.2. The minimum atomic E-state index is -1.55. The fourth-order valence-electron chi connectivity index (χ4n) is 6.23. The van der Waals surface area contributed by atoms with Crippen LogP contribution >= 0.6 is 0 Å². The Morgan fingerprint density at radius 2 is 0.905 bits per heavy atom. The van der Waals surface area contributed by atoms with Crippen molar-refractivity contribution in [3.05, 3.63) is 155 Å². The van der Waals surface area contributed by atoms with Gasteiger partial charge in [-0.15, -0.1) is 0 Å². The molecule has 0 spiro atoms. The van der Waals surface area contributed by atoms with E-state index in [4.69, 9.17) is 18.9 Å². The van der Waals surface area contributed by atoms with Crippen molar-refractivity contribution in [3.63, 3.8) is 0 Å². The van der Waals surface area contributed by atoms with Crippen LogP contribution in [0.3, 0.4) is 0 Å². The molecule has 2 heterocycles. The van der Waals surface area contributed by atoms with E-state index in [2.05, 4.69) is 0 Å². The molecule has 0 saturated heterocycles. The molecule has 0 bridgehead atoms. The van der Waals surface area contributed by atoms with Crippen LogP contribution in [-0.2, 0) is 11.2 Å². The van der Waals surface area contributed by atoms with Gasteiger partial charge < -0.3 is 29.2 Å². The summed E-state index contributed by atoms with van der Waals surface area (Å²) in [5, 5.41) is 25.3. The number of benzene rings is 5. The number of ether oxygens (including phenoxy) is 4. The van der Waals surface area contributed by atoms with Crippen LogP contribution in [0.1, 0.15) is 45.6 Å². The topological polar surface area (TPSA) is 77.4 Å². The van der Waals surface area contributed by atoms with Gasteiger partial charge in [0.05, 0.1) is 14.2 Å². The molecule has 7 rings (SSSR count). The predicted molar refractivity (Wildman–Crippen MR) is 158 cm³/mol. The molecule has 0 fully saturated rings. The summed E-state index contributed by atoms with van der Waals surface area (Å²) in [7, 11) is 3.23. The van der Waals surface area contributed by atoms with Crippen LogP contribution in [0.5, 0.6) is 23.0 Å². The maximum Gasteiger partial charge on any atom is 0.161 e. The number of aliphatic hydroxyl groups is 2. The molecular weight excluding hydrogens is 528 g/mol. The molecule has 0 radical (unpaired) electrons. The highest BCUT2D eigenvalue weighted by Crippen LogP contribution is 2.59. The van der Waals surface area contributed by atoms with Crippen molar-refractivity contribution in [2.75, 3.05) is 14.2 Å². The third-order valence-electron chi connectivity index (χ3n) is 8.42. The molecule has 2 N–H and O–H groups in total. The average molecular weight is 559 g/mol. The molecule has 4 atom stereocenters. The van der Waals surface area contributed by atoms with Gasteiger partial charge in [-0.2, -0.15) is 0 Å². The van der Waals surface area contributed by atoms with Crippen molar-refractivity contribution in [3.8, 4) is 23.0 Å². The number of fused-ring (bicyclic) bond motifs is 2. The zero-order chi connectivity index (χ0) is 28.9. The van der Waals surface area contributed by atoms with E-state index in [1.807, 2.05) is 115 Å². The van der Waals surface area contributed by atoms with Gasteiger partial charge in [0.15, 0.2) is 23.4 Å². The van der Waals surface area contributed by atoms with E-state index in [0.29, 0.717) is 45.3 Å². The molecule has 4 unspecified atom stereocenters. The van der Waals surface area contributed by atoms with Gasteiger partial charge in [-0.25, -0.2) is 0 Å². The van der Waals surface area contributed by atoms with Gasteiger partial charge in [-0.05, 0) is 52.6 Å². The Kier molecular flexibility index (Phi) is 6.19. The van der Waals surface area contributed by atoms with Crippen molar-refractivity contribution in [2.24, 2.45) is 0 Å². The number of methoxy groups -OCH3 is 2. The molecule has 0 amide bonds. The van der Waals surface area contributed by atoms with Crippen molar-refractivity contribution in [1.29, 1.82) is 0 Å². The number of hydrogen-bond donors (Lipinski definition) is 2. The van der Waals surface area contributed by atoms with E-state index in [0.717, 1.165) is 11.1 Å². The second kappa shape index (κ2) is 9.94. The molecule has 0 aromatic heterocycles. The fourth-order valence-corrected chi connectivity index (χ4v) is 6.23. The Labute approximate surface area is 244 Å². The molecule has 2 aliphatic rings. The molecule has 2 aliphatic heterocycles. The van der Waals surface area contributed by atoms with Gasteiger partial charge in [0.25, 0.3) is 0 Å². The lowest BCUT2D eigenvalue weighted by atomic mass is 9.76. The van der Waals surface area contributed by atoms with Gasteiger partial charge >= 0.3 is 0 Å². The van der Waals surface area contributed by atoms with Crippen molar-refractivity contribution in [1.82, 2.24) is 0 Å². The van der Waals surface area contributed by atoms with Gasteiger partial charge in [-0.3, -0.25) is 0 Å². The molecule has 6 nitrogen and oxygen atoms in total. The lowest BCUT2D eigenvalue weighted by molar-refractivity contribution is -0.0118. The summed E-state index contributed by atoms with van der Waals surface area (Å²) >= 11 is 0. The van der Waals surface area contributed by atoms with Gasteiger partial charge in [0.2, 0.25) is 0 Å². The van der Waals surface area contributed by atoms with Crippen molar-refractivity contribution < 1.29 is 29.2 Å². The third-order valence-corrected chi connectivity index (χ3v) is 8.42. The second-order valence-corrected chi connectivity index (χ2v) is 10.7. The molecule has 0 aliphatic carbocycles. The van der Waals surface area contributed by atoms with Crippen LogP contribution in [-0.4, -0.2) is 24.4 Å². The highest BCUT2D eigenvalue weighted by molar-refractivity contribution is 5.62. The maximum absolute atomic E-state index is 12.7. The van der Waals surface area contributed by atoms with E-state index in [1.54, 1.807) is 20.3 Å². The molecular formula is C36H30O6. The first-order chi connectivity index (χ1) is 20.5. The largest absolute Gasteiger partial charge is 0.497 e. The summed E-state index contributed by atoms with van der Waals surface area (Å²) in [6, 6.07) is 37.6. The first-order valence-electron chi connectivity index (χ1n) is 13.8. The fraction of sp³-hybridized carbons (Fsp3) is 0.167. The van der Waals surface area contributed by atoms with Gasteiger partial charge in [-0.1, -0.05) is 84.9 Å². The zero-order valence-electron chi connectivity index (χ0n) is 23.2. The number of hydrogen-bond acceptors (Lipinski definition) is 6. The Morgan fingerprint density at radius 1 is 0.524 bits per heavy atom. The average Bonchev–Trinajstić information content (AvgIpc) is 3.52. The van der Waals surface area contributed by atoms with Crippen molar-refractivity contribution in [2.45, 2.75) is 23.4 Å². The van der Waals surface area contributed by atoms with E-state index in [1.165, 1.54) is 0 Å². The first-order valence-corrected chi connectivity index (χ1v) is 13.8. The SMILES string of the molecule is COc1ccc(C2Oc3cc4c(cc3C2(O)c2ccccc2)C(O)(c2ccccc2)C(c2ccc(OC)cc2)O4)cc1. The Balaban J connectivity index is 1.41. The molecule has 0 saturated carbocycles. The summed E-state index contributed by atoms with van der Waals surface area (Å²) in [6.45, 7) is 0. The maximum atomic E-state index is 12.7. The highest BCUT2D eigenvalue weighted by atomic mass is 16.5. The van der Waals surface area contributed by atoms with E-state index in [9.17, 15) is 10.2 Å². The smallest absolute Gasteiger partial charge is 0.161 e. The van der Waals surface area contributed by atoms with Crippen molar-refractivity contribution >= 4 is 0 Å². The molecule has 6 heteroatoms. The van der Waals surface area contributed by atoms with E-state index < -0.39 is 23.4 Å². The monoisotopic (exact) mass is 558 g/mol. The Morgan fingerprint density at radius 3 is 1.26 bits per heavy atom. The number of rotatable bonds is 6. The summed E-state index contributed by atoms with van der Waals surface area (Å²) in [4.78, 5) is 0. The van der Waals surface area contributed by atoms with Crippen LogP contribution in [0.25, 0.3) is 0 Å². The van der Waals surface area contributed by atoms with Crippen LogP contribution in [0.4, 0.5) is 0 Å². The lowest BCUT2D eigenvalue weighted by Crippen LogP contribution is -2.34. The van der Waals surface area contributed by atoms with Crippen LogP contribution in [0.2, 0.25) is 0 Å². The second-order valence-electron chi connectivity index (χ2n) is 10.7. The molecule has 5 aromatic carbocycles. The summed E-state index contributed by atoms with van der Waals surface area (Å²) < 4.78 is 23.8.